The van der Waals surface area contributed by atoms with Crippen molar-refractivity contribution in [2.75, 3.05) is 5.32 Å². The van der Waals surface area contributed by atoms with Crippen LogP contribution in [-0.4, -0.2) is 23.5 Å². The second-order valence-corrected chi connectivity index (χ2v) is 7.61. The summed E-state index contributed by atoms with van der Waals surface area (Å²) >= 11 is 0. The van der Waals surface area contributed by atoms with E-state index in [4.69, 9.17) is 4.74 Å². The summed E-state index contributed by atoms with van der Waals surface area (Å²) in [5.41, 5.74) is 6.87. The third-order valence-electron chi connectivity index (χ3n) is 5.02. The van der Waals surface area contributed by atoms with Crippen LogP contribution in [-0.2, 0) is 9.59 Å². The van der Waals surface area contributed by atoms with Gasteiger partial charge in [0.25, 0.3) is 0 Å². The maximum Gasteiger partial charge on any atom is 0.343 e. The fourth-order valence-electron chi connectivity index (χ4n) is 3.13. The highest BCUT2D eigenvalue weighted by atomic mass is 16.5. The number of carbonyl (C=O) groups is 3. The summed E-state index contributed by atoms with van der Waals surface area (Å²) in [5.74, 6) is -1.96. The lowest BCUT2D eigenvalue weighted by Crippen LogP contribution is -2.33. The van der Waals surface area contributed by atoms with Crippen molar-refractivity contribution in [1.29, 1.82) is 0 Å². The average molecular weight is 444 g/mol. The highest BCUT2D eigenvalue weighted by molar-refractivity contribution is 6.39. The van der Waals surface area contributed by atoms with E-state index in [1.165, 1.54) is 0 Å². The van der Waals surface area contributed by atoms with Crippen molar-refractivity contribution in [3.63, 3.8) is 0 Å². The van der Waals surface area contributed by atoms with Crippen molar-refractivity contribution in [3.8, 4) is 5.75 Å². The number of hydrogen-bond donors (Lipinski definition) is 2. The van der Waals surface area contributed by atoms with Crippen LogP contribution >= 0.6 is 0 Å². The van der Waals surface area contributed by atoms with Crippen LogP contribution in [0.15, 0.2) is 71.8 Å². The Kier molecular flexibility index (Phi) is 7.35. The van der Waals surface area contributed by atoms with Crippen molar-refractivity contribution in [2.24, 2.45) is 5.10 Å². The number of ether oxygens (including phenoxy) is 1. The topological polar surface area (TPSA) is 96.9 Å². The van der Waals surface area contributed by atoms with Gasteiger partial charge in [-0.25, -0.2) is 10.2 Å². The first kappa shape index (κ1) is 23.4. The molecule has 0 fully saturated rings. The Hall–Kier alpha value is -4.26. The lowest BCUT2D eigenvalue weighted by molar-refractivity contribution is -0.136. The molecule has 0 aromatic heterocycles. The van der Waals surface area contributed by atoms with E-state index >= 15 is 0 Å². The highest BCUT2D eigenvalue weighted by Crippen LogP contribution is 2.21. The average Bonchev–Trinajstić information content (AvgIpc) is 2.80. The van der Waals surface area contributed by atoms with E-state index in [0.717, 1.165) is 16.7 Å². The van der Waals surface area contributed by atoms with Crippen LogP contribution < -0.4 is 15.5 Å². The molecule has 0 saturated carbocycles. The van der Waals surface area contributed by atoms with Crippen LogP contribution in [0.3, 0.4) is 0 Å². The van der Waals surface area contributed by atoms with Crippen LogP contribution in [0, 0.1) is 20.8 Å². The van der Waals surface area contributed by atoms with E-state index in [1.54, 1.807) is 43.3 Å². The summed E-state index contributed by atoms with van der Waals surface area (Å²) in [7, 11) is 0. The molecule has 0 aliphatic heterocycles. The van der Waals surface area contributed by atoms with Crippen molar-refractivity contribution in [2.45, 2.75) is 27.7 Å². The van der Waals surface area contributed by atoms with Crippen LogP contribution in [0.1, 0.15) is 39.5 Å². The normalized spacial score (nSPS) is 11.0. The molecule has 0 heterocycles. The van der Waals surface area contributed by atoms with Gasteiger partial charge in [-0.2, -0.15) is 5.10 Å². The molecule has 0 spiro atoms. The monoisotopic (exact) mass is 443 g/mol. The minimum atomic E-state index is -0.911. The number of aryl methyl sites for hydroxylation is 3. The number of esters is 1. The fraction of sp³-hybridized carbons (Fsp3) is 0.154. The Morgan fingerprint density at radius 1 is 0.788 bits per heavy atom. The maximum absolute atomic E-state index is 12.5. The van der Waals surface area contributed by atoms with Crippen LogP contribution in [0.4, 0.5) is 5.69 Å². The summed E-state index contributed by atoms with van der Waals surface area (Å²) in [6.45, 7) is 7.26. The number of rotatable bonds is 5. The van der Waals surface area contributed by atoms with Gasteiger partial charge in [-0.1, -0.05) is 48.0 Å². The maximum atomic E-state index is 12.5. The van der Waals surface area contributed by atoms with E-state index in [-0.39, 0.29) is 0 Å². The number of para-hydroxylation sites is 2. The lowest BCUT2D eigenvalue weighted by atomic mass is 10.1. The standard InChI is InChI=1S/C26H25N3O4/c1-16-12-14-20(15-13-16)26(32)33-22-11-6-5-10-21(22)19(4)28-29-25(31)24(30)27-23-17(2)8-7-9-18(23)3/h5-15H,1-4H3,(H,27,30)(H,29,31). The van der Waals surface area contributed by atoms with Gasteiger partial charge in [-0.05, 0) is 63.1 Å². The molecule has 0 atom stereocenters. The van der Waals surface area contributed by atoms with Crippen LogP contribution in [0.25, 0.3) is 0 Å². The first-order chi connectivity index (χ1) is 15.8. The Morgan fingerprint density at radius 2 is 1.42 bits per heavy atom. The third kappa shape index (κ3) is 5.92. The summed E-state index contributed by atoms with van der Waals surface area (Å²) in [4.78, 5) is 37.1. The number of hydrazone groups is 1. The molecule has 0 radical (unpaired) electrons. The predicted molar refractivity (Wildman–Crippen MR) is 127 cm³/mol. The van der Waals surface area contributed by atoms with Crippen molar-refractivity contribution < 1.29 is 19.1 Å². The molecule has 7 nitrogen and oxygen atoms in total. The largest absolute Gasteiger partial charge is 0.422 e. The van der Waals surface area contributed by atoms with Gasteiger partial charge in [0.2, 0.25) is 0 Å². The van der Waals surface area contributed by atoms with Gasteiger partial charge in [0.15, 0.2) is 0 Å². The molecule has 33 heavy (non-hydrogen) atoms. The second kappa shape index (κ2) is 10.4. The minimum absolute atomic E-state index is 0.290. The Bertz CT molecular complexity index is 1210. The number of amides is 2. The van der Waals surface area contributed by atoms with Gasteiger partial charge in [0, 0.05) is 11.3 Å². The Balaban J connectivity index is 1.70. The molecular formula is C26H25N3O4. The number of nitrogens with one attached hydrogen (secondary N) is 2. The SMILES string of the molecule is CC(=NNC(=O)C(=O)Nc1c(C)cccc1C)c1ccccc1OC(=O)c1ccc(C)cc1. The number of nitrogens with zero attached hydrogens (tertiary/aromatic N) is 1. The summed E-state index contributed by atoms with van der Waals surface area (Å²) in [5, 5.41) is 6.63. The Labute approximate surface area is 192 Å². The van der Waals surface area contributed by atoms with E-state index in [1.807, 2.05) is 51.1 Å². The number of anilines is 1. The van der Waals surface area contributed by atoms with E-state index in [9.17, 15) is 14.4 Å². The van der Waals surface area contributed by atoms with E-state index in [2.05, 4.69) is 15.8 Å². The third-order valence-corrected chi connectivity index (χ3v) is 5.02. The molecule has 2 amide bonds. The molecule has 168 valence electrons. The van der Waals surface area contributed by atoms with Crippen molar-refractivity contribution in [3.05, 3.63) is 94.5 Å². The van der Waals surface area contributed by atoms with Gasteiger partial charge >= 0.3 is 17.8 Å². The summed E-state index contributed by atoms with van der Waals surface area (Å²) in [6.07, 6.45) is 0. The van der Waals surface area contributed by atoms with Crippen molar-refractivity contribution >= 4 is 29.2 Å². The van der Waals surface area contributed by atoms with Crippen molar-refractivity contribution in [1.82, 2.24) is 5.43 Å². The number of carbonyl (C=O) groups excluding carboxylic acids is 3. The Morgan fingerprint density at radius 3 is 2.09 bits per heavy atom. The second-order valence-electron chi connectivity index (χ2n) is 7.61. The minimum Gasteiger partial charge on any atom is -0.422 e. The smallest absolute Gasteiger partial charge is 0.343 e. The number of hydrogen-bond acceptors (Lipinski definition) is 5. The molecular weight excluding hydrogens is 418 g/mol. The number of benzene rings is 3. The zero-order chi connectivity index (χ0) is 24.0. The molecule has 0 unspecified atom stereocenters. The first-order valence-electron chi connectivity index (χ1n) is 10.4. The van der Waals surface area contributed by atoms with E-state index < -0.39 is 17.8 Å². The fourth-order valence-corrected chi connectivity index (χ4v) is 3.13. The summed E-state index contributed by atoms with van der Waals surface area (Å²) in [6, 6.07) is 19.4. The first-order valence-corrected chi connectivity index (χ1v) is 10.4. The quantitative estimate of drug-likeness (QED) is 0.202. The van der Waals surface area contributed by atoms with E-state index in [0.29, 0.717) is 28.3 Å². The van der Waals surface area contributed by atoms with Crippen LogP contribution in [0.5, 0.6) is 5.75 Å². The van der Waals surface area contributed by atoms with Gasteiger partial charge < -0.3 is 10.1 Å². The van der Waals surface area contributed by atoms with Gasteiger partial charge in [-0.3, -0.25) is 9.59 Å². The molecule has 0 bridgehead atoms. The summed E-state index contributed by atoms with van der Waals surface area (Å²) < 4.78 is 5.54. The molecule has 3 aromatic carbocycles. The zero-order valence-electron chi connectivity index (χ0n) is 18.9. The molecule has 0 saturated heterocycles. The predicted octanol–water partition coefficient (Wildman–Crippen LogP) is 4.31. The lowest BCUT2D eigenvalue weighted by Gasteiger charge is -2.11. The molecule has 0 aliphatic carbocycles. The zero-order valence-corrected chi connectivity index (χ0v) is 18.9. The van der Waals surface area contributed by atoms with Gasteiger partial charge in [0.05, 0.1) is 11.3 Å². The van der Waals surface area contributed by atoms with Crippen LogP contribution in [0.2, 0.25) is 0 Å². The molecule has 2 N–H and O–H groups in total. The molecule has 3 aromatic rings. The molecule has 0 aliphatic rings. The highest BCUT2D eigenvalue weighted by Gasteiger charge is 2.17. The molecule has 7 heteroatoms. The molecule has 3 rings (SSSR count). The van der Waals surface area contributed by atoms with Gasteiger partial charge in [-0.15, -0.1) is 0 Å². The van der Waals surface area contributed by atoms with Gasteiger partial charge in [0.1, 0.15) is 5.75 Å².